The number of carbonyl (C=O) groups excluding carboxylic acids is 2. The Balaban J connectivity index is 1.37. The van der Waals surface area contributed by atoms with Crippen LogP contribution in [0.5, 0.6) is 0 Å². The van der Waals surface area contributed by atoms with E-state index in [1.807, 2.05) is 0 Å². The average Bonchev–Trinajstić information content (AvgIpc) is 3.61. The van der Waals surface area contributed by atoms with Crippen molar-refractivity contribution in [2.45, 2.75) is 64.5 Å². The van der Waals surface area contributed by atoms with Crippen LogP contribution in [0.25, 0.3) is 22.0 Å². The van der Waals surface area contributed by atoms with Gasteiger partial charge in [0, 0.05) is 49.5 Å². The van der Waals surface area contributed by atoms with Crippen molar-refractivity contribution < 1.29 is 31.6 Å². The Morgan fingerprint density at radius 2 is 1.88 bits per heavy atom. The number of nitrogens with zero attached hydrogens (tertiary/aromatic N) is 7. The Kier molecular flexibility index (Phi) is 7.34. The lowest BCUT2D eigenvalue weighted by molar-refractivity contribution is -0.135. The number of hydrogen-bond donors (Lipinski definition) is 0. The van der Waals surface area contributed by atoms with Gasteiger partial charge < -0.3 is 9.32 Å². The van der Waals surface area contributed by atoms with Crippen LogP contribution in [0.3, 0.4) is 0 Å². The summed E-state index contributed by atoms with van der Waals surface area (Å²) in [6, 6.07) is 4.46. The van der Waals surface area contributed by atoms with Gasteiger partial charge in [-0.05, 0) is 31.0 Å². The van der Waals surface area contributed by atoms with Crippen molar-refractivity contribution in [3.05, 3.63) is 53.9 Å². The molecule has 0 saturated carbocycles. The van der Waals surface area contributed by atoms with E-state index in [2.05, 4.69) is 25.3 Å². The zero-order valence-corrected chi connectivity index (χ0v) is 21.7. The van der Waals surface area contributed by atoms with Gasteiger partial charge in [-0.3, -0.25) is 14.3 Å². The van der Waals surface area contributed by atoms with Gasteiger partial charge in [-0.25, -0.2) is 14.4 Å². The maximum absolute atomic E-state index is 14.5. The molecular formula is C26H25F4N7O3. The predicted molar refractivity (Wildman–Crippen MR) is 133 cm³/mol. The molecule has 1 saturated heterocycles. The summed E-state index contributed by atoms with van der Waals surface area (Å²) < 4.78 is 58.7. The lowest BCUT2D eigenvalue weighted by atomic mass is 10.0. The number of rotatable bonds is 8. The molecule has 1 aromatic carbocycles. The van der Waals surface area contributed by atoms with Gasteiger partial charge in [0.05, 0.1) is 12.1 Å². The molecule has 4 aromatic rings. The van der Waals surface area contributed by atoms with Crippen LogP contribution in [0.1, 0.15) is 60.3 Å². The summed E-state index contributed by atoms with van der Waals surface area (Å²) in [6.07, 6.45) is -3.70. The Labute approximate surface area is 225 Å². The maximum Gasteiger partial charge on any atom is 0.389 e. The van der Waals surface area contributed by atoms with E-state index in [0.29, 0.717) is 16.7 Å². The van der Waals surface area contributed by atoms with Crippen LogP contribution in [-0.4, -0.2) is 65.4 Å². The maximum atomic E-state index is 14.5. The quantitative estimate of drug-likeness (QED) is 0.227. The van der Waals surface area contributed by atoms with E-state index < -0.39 is 30.7 Å². The molecule has 0 spiro atoms. The highest BCUT2D eigenvalue weighted by Gasteiger charge is 2.40. The molecule has 1 fully saturated rings. The number of halogens is 4. The fraction of sp³-hybridized carbons (Fsp3) is 0.423. The van der Waals surface area contributed by atoms with Crippen LogP contribution in [-0.2, 0) is 17.8 Å². The summed E-state index contributed by atoms with van der Waals surface area (Å²) in [7, 11) is 0. The number of fused-ring (bicyclic) bond motifs is 1. The summed E-state index contributed by atoms with van der Waals surface area (Å²) in [5.74, 6) is -0.199. The number of hydrogen-bond acceptors (Lipinski definition) is 8. The number of carbonyl (C=O) groups is 2. The smallest absolute Gasteiger partial charge is 0.389 e. The van der Waals surface area contributed by atoms with Crippen LogP contribution >= 0.6 is 0 Å². The third kappa shape index (κ3) is 5.84. The molecule has 1 aliphatic heterocycles. The predicted octanol–water partition coefficient (Wildman–Crippen LogP) is 4.58. The van der Waals surface area contributed by atoms with Crippen molar-refractivity contribution in [2.75, 3.05) is 6.54 Å². The number of aryl methyl sites for hydroxylation is 2. The topological polar surface area (TPSA) is 120 Å². The number of aromatic nitrogens is 6. The zero-order chi connectivity index (χ0) is 28.6. The summed E-state index contributed by atoms with van der Waals surface area (Å²) in [5.41, 5.74) is 2.23. The first-order valence-corrected chi connectivity index (χ1v) is 12.6. The van der Waals surface area contributed by atoms with E-state index in [4.69, 9.17) is 4.42 Å². The standard InChI is InChI=1S/C26H25F4N7O3/c1-14(38)24-19-8-16(17-10-31-15(2)32-11-17)5-6-20(19)37(35-24)13-23(39)36-12-18(27)9-21(36)25-34-33-22(40-25)4-3-7-26(28,29)30/h5-6,8,10-11,18,21H,3-4,7,9,12-13H2,1-2H3/t18-,21+/m1/s1. The third-order valence-corrected chi connectivity index (χ3v) is 6.67. The normalized spacial score (nSPS) is 17.6. The molecule has 10 nitrogen and oxygen atoms in total. The highest BCUT2D eigenvalue weighted by Crippen LogP contribution is 2.34. The van der Waals surface area contributed by atoms with E-state index in [1.165, 1.54) is 16.5 Å². The van der Waals surface area contributed by atoms with Crippen LogP contribution in [0.2, 0.25) is 0 Å². The molecule has 2 atom stereocenters. The Hall–Kier alpha value is -4.23. The first-order valence-electron chi connectivity index (χ1n) is 12.6. The first-order chi connectivity index (χ1) is 19.0. The molecule has 5 rings (SSSR count). The molecule has 1 amide bonds. The van der Waals surface area contributed by atoms with Crippen molar-refractivity contribution in [3.63, 3.8) is 0 Å². The second-order valence-corrected chi connectivity index (χ2v) is 9.71. The summed E-state index contributed by atoms with van der Waals surface area (Å²) in [5, 5.41) is 12.6. The number of likely N-dealkylation sites (tertiary alicyclic amines) is 1. The Morgan fingerprint density at radius 3 is 2.58 bits per heavy atom. The third-order valence-electron chi connectivity index (χ3n) is 6.67. The molecule has 1 aliphatic rings. The summed E-state index contributed by atoms with van der Waals surface area (Å²) >= 11 is 0. The molecule has 3 aromatic heterocycles. The number of benzene rings is 1. The van der Waals surface area contributed by atoms with E-state index in [0.717, 1.165) is 11.1 Å². The Bertz CT molecular complexity index is 1550. The minimum Gasteiger partial charge on any atom is -0.423 e. The molecule has 4 heterocycles. The molecular weight excluding hydrogens is 534 g/mol. The number of Topliss-reactive ketones (excluding diaryl/α,β-unsaturated/α-hetero) is 1. The van der Waals surface area contributed by atoms with Gasteiger partial charge in [0.25, 0.3) is 0 Å². The van der Waals surface area contributed by atoms with Gasteiger partial charge in [0.15, 0.2) is 5.78 Å². The van der Waals surface area contributed by atoms with E-state index in [9.17, 15) is 27.2 Å². The van der Waals surface area contributed by atoms with Crippen LogP contribution in [0.4, 0.5) is 17.6 Å². The fourth-order valence-electron chi connectivity index (χ4n) is 4.74. The number of amides is 1. The molecule has 210 valence electrons. The van der Waals surface area contributed by atoms with Gasteiger partial charge >= 0.3 is 6.18 Å². The fourth-order valence-corrected chi connectivity index (χ4v) is 4.74. The number of alkyl halides is 4. The molecule has 14 heteroatoms. The van der Waals surface area contributed by atoms with Gasteiger partial charge in [-0.2, -0.15) is 18.3 Å². The van der Waals surface area contributed by atoms with Crippen molar-refractivity contribution in [1.82, 2.24) is 34.8 Å². The van der Waals surface area contributed by atoms with E-state index >= 15 is 0 Å². The highest BCUT2D eigenvalue weighted by atomic mass is 19.4. The van der Waals surface area contributed by atoms with Gasteiger partial charge in [0.1, 0.15) is 30.3 Å². The van der Waals surface area contributed by atoms with Crippen molar-refractivity contribution in [3.8, 4) is 11.1 Å². The van der Waals surface area contributed by atoms with Crippen molar-refractivity contribution in [2.24, 2.45) is 0 Å². The van der Waals surface area contributed by atoms with Gasteiger partial charge in [-0.15, -0.1) is 10.2 Å². The van der Waals surface area contributed by atoms with E-state index in [-0.39, 0.29) is 55.6 Å². The van der Waals surface area contributed by atoms with Crippen molar-refractivity contribution >= 4 is 22.6 Å². The first kappa shape index (κ1) is 27.3. The molecule has 0 radical (unpaired) electrons. The minimum absolute atomic E-state index is 0.00657. The molecule has 40 heavy (non-hydrogen) atoms. The molecule has 0 N–H and O–H groups in total. The van der Waals surface area contributed by atoms with Crippen LogP contribution in [0, 0.1) is 6.92 Å². The van der Waals surface area contributed by atoms with Crippen LogP contribution in [0.15, 0.2) is 35.0 Å². The lowest BCUT2D eigenvalue weighted by Gasteiger charge is -2.21. The molecule has 0 bridgehead atoms. The van der Waals surface area contributed by atoms with E-state index in [1.54, 1.807) is 37.5 Å². The molecule has 0 unspecified atom stereocenters. The lowest BCUT2D eigenvalue weighted by Crippen LogP contribution is -2.34. The summed E-state index contributed by atoms with van der Waals surface area (Å²) in [4.78, 5) is 35.4. The molecule has 0 aliphatic carbocycles. The van der Waals surface area contributed by atoms with Crippen molar-refractivity contribution in [1.29, 1.82) is 0 Å². The second kappa shape index (κ2) is 10.7. The highest BCUT2D eigenvalue weighted by molar-refractivity contribution is 6.06. The zero-order valence-electron chi connectivity index (χ0n) is 21.7. The SMILES string of the molecule is CC(=O)c1nn(CC(=O)N2C[C@H](F)C[C@H]2c2nnc(CCCC(F)(F)F)o2)c2ccc(-c3cnc(C)nc3)cc12. The van der Waals surface area contributed by atoms with Gasteiger partial charge in [0.2, 0.25) is 17.7 Å². The second-order valence-electron chi connectivity index (χ2n) is 9.71. The van der Waals surface area contributed by atoms with Gasteiger partial charge in [-0.1, -0.05) is 6.07 Å². The minimum atomic E-state index is -4.30. The van der Waals surface area contributed by atoms with Crippen LogP contribution < -0.4 is 0 Å². The average molecular weight is 560 g/mol. The number of ketones is 1. The largest absolute Gasteiger partial charge is 0.423 e. The Morgan fingerprint density at radius 1 is 1.12 bits per heavy atom. The summed E-state index contributed by atoms with van der Waals surface area (Å²) in [6.45, 7) is 2.65. The monoisotopic (exact) mass is 559 g/mol.